The van der Waals surface area contributed by atoms with E-state index in [9.17, 15) is 14.4 Å². The molecule has 2 aromatic carbocycles. The Balaban J connectivity index is 1.24. The van der Waals surface area contributed by atoms with E-state index in [1.807, 2.05) is 48.5 Å². The van der Waals surface area contributed by atoms with Crippen molar-refractivity contribution < 1.29 is 23.2 Å². The number of carbonyl (C=O) groups is 3. The Morgan fingerprint density at radius 3 is 2.58 bits per heavy atom. The van der Waals surface area contributed by atoms with Crippen LogP contribution in [0.15, 0.2) is 99.3 Å². The molecule has 4 heterocycles. The number of amides is 4. The minimum atomic E-state index is -1.30. The molecule has 4 amide bonds. The number of urea groups is 1. The molecular formula is C29H24N4O5. The molecule has 2 atom stereocenters. The van der Waals surface area contributed by atoms with Crippen LogP contribution >= 0.6 is 0 Å². The van der Waals surface area contributed by atoms with E-state index >= 15 is 0 Å². The third-order valence-corrected chi connectivity index (χ3v) is 6.94. The molecule has 0 radical (unpaired) electrons. The summed E-state index contributed by atoms with van der Waals surface area (Å²) in [6.45, 7) is 1.20. The highest BCUT2D eigenvalue weighted by molar-refractivity contribution is 6.10. The summed E-state index contributed by atoms with van der Waals surface area (Å²) in [6.07, 6.45) is 7.04. The average molecular weight is 509 g/mol. The molecule has 2 aliphatic rings. The number of imide groups is 1. The summed E-state index contributed by atoms with van der Waals surface area (Å²) < 4.78 is 10.9. The number of nitrogens with zero attached hydrogens (tertiary/aromatic N) is 3. The zero-order valence-corrected chi connectivity index (χ0v) is 20.5. The van der Waals surface area contributed by atoms with Crippen molar-refractivity contribution in [3.05, 3.63) is 102 Å². The van der Waals surface area contributed by atoms with Gasteiger partial charge in [-0.15, -0.1) is 0 Å². The monoisotopic (exact) mass is 508 g/mol. The Labute approximate surface area is 218 Å². The normalized spacial score (nSPS) is 21.5. The summed E-state index contributed by atoms with van der Waals surface area (Å²) in [4.78, 5) is 40.9. The van der Waals surface area contributed by atoms with Crippen LogP contribution in [-0.2, 0) is 15.1 Å². The Bertz CT molecular complexity index is 1590. The molecule has 1 N–H and O–H groups in total. The summed E-state index contributed by atoms with van der Waals surface area (Å²) in [5, 5.41) is 10.5. The van der Waals surface area contributed by atoms with Gasteiger partial charge in [-0.05, 0) is 65.7 Å². The maximum atomic E-state index is 13.5. The molecule has 1 saturated heterocycles. The number of fused-ring (bicyclic) bond motifs is 1. The molecule has 6 rings (SSSR count). The molecule has 9 nitrogen and oxygen atoms in total. The predicted octanol–water partition coefficient (Wildman–Crippen LogP) is 4.84. The van der Waals surface area contributed by atoms with E-state index in [-0.39, 0.29) is 0 Å². The van der Waals surface area contributed by atoms with Crippen LogP contribution in [-0.4, -0.2) is 40.0 Å². The summed E-state index contributed by atoms with van der Waals surface area (Å²) >= 11 is 0. The fourth-order valence-electron chi connectivity index (χ4n) is 4.88. The summed E-state index contributed by atoms with van der Waals surface area (Å²) in [6, 6.07) is 19.4. The number of carbonyl (C=O) groups excluding carboxylic acids is 3. The van der Waals surface area contributed by atoms with E-state index in [2.05, 4.69) is 10.4 Å². The molecule has 2 aliphatic heterocycles. The maximum absolute atomic E-state index is 13.5. The van der Waals surface area contributed by atoms with Crippen LogP contribution in [0.25, 0.3) is 16.8 Å². The first-order valence-electron chi connectivity index (χ1n) is 12.2. The summed E-state index contributed by atoms with van der Waals surface area (Å²) in [5.74, 6) is 0.210. The first-order chi connectivity index (χ1) is 18.4. The Hall–Kier alpha value is -4.92. The highest BCUT2D eigenvalue weighted by Crippen LogP contribution is 2.34. The van der Waals surface area contributed by atoms with Gasteiger partial charge in [0.2, 0.25) is 0 Å². The number of hydrogen-bond donors (Lipinski definition) is 1. The zero-order chi connectivity index (χ0) is 26.3. The van der Waals surface area contributed by atoms with Crippen molar-refractivity contribution in [2.45, 2.75) is 24.9 Å². The van der Waals surface area contributed by atoms with Gasteiger partial charge in [0.05, 0.1) is 18.2 Å². The van der Waals surface area contributed by atoms with Crippen LogP contribution in [0.5, 0.6) is 0 Å². The molecule has 0 saturated carbocycles. The van der Waals surface area contributed by atoms with Gasteiger partial charge < -0.3 is 14.2 Å². The highest BCUT2D eigenvalue weighted by Gasteiger charge is 2.50. The number of allylic oxidation sites excluding steroid dienone is 1. The number of rotatable bonds is 6. The van der Waals surface area contributed by atoms with Crippen LogP contribution in [0.1, 0.15) is 36.5 Å². The average Bonchev–Trinajstić information content (AvgIpc) is 3.73. The first-order valence-corrected chi connectivity index (χ1v) is 12.2. The minimum absolute atomic E-state index is 0.408. The summed E-state index contributed by atoms with van der Waals surface area (Å²) in [7, 11) is 0. The molecule has 1 fully saturated rings. The largest absolute Gasteiger partial charge is 0.467 e. The van der Waals surface area contributed by atoms with Crippen LogP contribution < -0.4 is 5.32 Å². The Morgan fingerprint density at radius 1 is 1.03 bits per heavy atom. The van der Waals surface area contributed by atoms with Crippen molar-refractivity contribution in [3.8, 4) is 0 Å². The quantitative estimate of drug-likeness (QED) is 0.375. The SMILES string of the molecule is C[C@]1(c2ccc3ccccc3c2)NC(=O)N(CC(=O)N2N=C(/C=C\c3ccco3)C[C@@H]2c2ccco2)C1=O. The number of benzene rings is 2. The number of hydrogen-bond acceptors (Lipinski definition) is 6. The van der Waals surface area contributed by atoms with Gasteiger partial charge in [0.1, 0.15) is 29.6 Å². The van der Waals surface area contributed by atoms with Gasteiger partial charge in [0.15, 0.2) is 0 Å². The molecule has 4 aromatic rings. The fraction of sp³-hybridized carbons (Fsp3) is 0.172. The van der Waals surface area contributed by atoms with Crippen molar-refractivity contribution in [1.29, 1.82) is 0 Å². The van der Waals surface area contributed by atoms with Crippen molar-refractivity contribution in [2.24, 2.45) is 5.10 Å². The third-order valence-electron chi connectivity index (χ3n) is 6.94. The Kier molecular flexibility index (Phi) is 5.68. The molecule has 9 heteroatoms. The highest BCUT2D eigenvalue weighted by atomic mass is 16.3. The maximum Gasteiger partial charge on any atom is 0.325 e. The third kappa shape index (κ3) is 4.07. The second-order valence-corrected chi connectivity index (χ2v) is 9.42. The van der Waals surface area contributed by atoms with E-state index in [1.54, 1.807) is 43.5 Å². The van der Waals surface area contributed by atoms with E-state index in [0.29, 0.717) is 29.2 Å². The van der Waals surface area contributed by atoms with Crippen molar-refractivity contribution >= 4 is 40.4 Å². The molecule has 38 heavy (non-hydrogen) atoms. The minimum Gasteiger partial charge on any atom is -0.467 e. The second kappa shape index (κ2) is 9.19. The molecule has 0 spiro atoms. The van der Waals surface area contributed by atoms with Crippen molar-refractivity contribution in [3.63, 3.8) is 0 Å². The number of hydrazone groups is 1. The number of nitrogens with one attached hydrogen (secondary N) is 1. The van der Waals surface area contributed by atoms with E-state index < -0.39 is 36.0 Å². The lowest BCUT2D eigenvalue weighted by molar-refractivity contribution is -0.140. The van der Waals surface area contributed by atoms with Gasteiger partial charge in [-0.3, -0.25) is 14.5 Å². The lowest BCUT2D eigenvalue weighted by Gasteiger charge is -2.24. The standard InChI is InChI=1S/C29H24N4O5/c1-29(21-11-10-19-6-2-3-7-20(19)16-21)27(35)32(28(36)30-29)18-26(34)33-24(25-9-5-15-38-25)17-22(31-33)12-13-23-8-4-14-37-23/h2-16,24H,17-18H2,1H3,(H,30,36)/b13-12-/t24-,29-/m1/s1. The molecule has 0 aliphatic carbocycles. The Morgan fingerprint density at radius 2 is 1.82 bits per heavy atom. The van der Waals surface area contributed by atoms with Crippen LogP contribution in [0.2, 0.25) is 0 Å². The van der Waals surface area contributed by atoms with Crippen LogP contribution in [0.3, 0.4) is 0 Å². The van der Waals surface area contributed by atoms with Crippen molar-refractivity contribution in [2.75, 3.05) is 6.54 Å². The first kappa shape index (κ1) is 23.5. The van der Waals surface area contributed by atoms with Gasteiger partial charge in [0.25, 0.3) is 11.8 Å². The molecule has 0 bridgehead atoms. The fourth-order valence-corrected chi connectivity index (χ4v) is 4.88. The van der Waals surface area contributed by atoms with Gasteiger partial charge in [-0.2, -0.15) is 5.10 Å². The van der Waals surface area contributed by atoms with Crippen molar-refractivity contribution in [1.82, 2.24) is 15.2 Å². The van der Waals surface area contributed by atoms with E-state index in [1.165, 1.54) is 11.3 Å². The molecule has 2 aromatic heterocycles. The smallest absolute Gasteiger partial charge is 0.325 e. The lowest BCUT2D eigenvalue weighted by atomic mass is 9.90. The van der Waals surface area contributed by atoms with Crippen LogP contribution in [0.4, 0.5) is 4.79 Å². The van der Waals surface area contributed by atoms with Gasteiger partial charge in [-0.25, -0.2) is 9.80 Å². The zero-order valence-electron chi connectivity index (χ0n) is 20.5. The molecular weight excluding hydrogens is 484 g/mol. The van der Waals surface area contributed by atoms with Crippen LogP contribution in [0, 0.1) is 0 Å². The topological polar surface area (TPSA) is 108 Å². The van der Waals surface area contributed by atoms with E-state index in [4.69, 9.17) is 8.83 Å². The molecule has 190 valence electrons. The predicted molar refractivity (Wildman–Crippen MR) is 140 cm³/mol. The van der Waals surface area contributed by atoms with E-state index in [0.717, 1.165) is 15.7 Å². The summed E-state index contributed by atoms with van der Waals surface area (Å²) in [5.41, 5.74) is -0.0237. The van der Waals surface area contributed by atoms with Gasteiger partial charge in [-0.1, -0.05) is 36.4 Å². The molecule has 0 unspecified atom stereocenters. The second-order valence-electron chi connectivity index (χ2n) is 9.42. The van der Waals surface area contributed by atoms with Gasteiger partial charge in [0, 0.05) is 6.42 Å². The van der Waals surface area contributed by atoms with Gasteiger partial charge >= 0.3 is 6.03 Å². The lowest BCUT2D eigenvalue weighted by Crippen LogP contribution is -2.43. The number of furan rings is 2.